The average Bonchev–Trinajstić information content (AvgIpc) is 2.12. The molecule has 0 aromatic heterocycles. The van der Waals surface area contributed by atoms with Crippen LogP contribution >= 0.6 is 7.82 Å². The summed E-state index contributed by atoms with van der Waals surface area (Å²) in [6, 6.07) is 0. The van der Waals surface area contributed by atoms with Gasteiger partial charge in [-0.15, -0.1) is 0 Å². The smallest absolute Gasteiger partial charge is 0.412 e. The van der Waals surface area contributed by atoms with Gasteiger partial charge >= 0.3 is 7.82 Å². The maximum absolute atomic E-state index is 11.4. The Labute approximate surface area is 77.0 Å². The SMILES string of the molecule is C=COP(=O)(OCOC)OCOC. The molecule has 78 valence electrons. The summed E-state index contributed by atoms with van der Waals surface area (Å²) < 4.78 is 34.4. The van der Waals surface area contributed by atoms with Gasteiger partial charge in [-0.2, -0.15) is 0 Å². The number of hydrogen-bond donors (Lipinski definition) is 0. The number of phosphoric acid groups is 1. The summed E-state index contributed by atoms with van der Waals surface area (Å²) in [5.41, 5.74) is 0. The fourth-order valence-electron chi connectivity index (χ4n) is 0.424. The van der Waals surface area contributed by atoms with Crippen molar-refractivity contribution >= 4 is 7.82 Å². The Bertz CT molecular complexity index is 170. The highest BCUT2D eigenvalue weighted by Gasteiger charge is 2.26. The highest BCUT2D eigenvalue weighted by molar-refractivity contribution is 7.48. The zero-order chi connectivity index (χ0) is 10.2. The monoisotopic (exact) mass is 212 g/mol. The molecule has 0 spiro atoms. The van der Waals surface area contributed by atoms with E-state index in [4.69, 9.17) is 0 Å². The third-order valence-electron chi connectivity index (χ3n) is 0.861. The van der Waals surface area contributed by atoms with E-state index in [9.17, 15) is 4.57 Å². The van der Waals surface area contributed by atoms with Crippen molar-refractivity contribution in [2.24, 2.45) is 0 Å². The summed E-state index contributed by atoms with van der Waals surface area (Å²) in [7, 11) is -0.853. The van der Waals surface area contributed by atoms with Crippen LogP contribution in [-0.2, 0) is 27.6 Å². The van der Waals surface area contributed by atoms with E-state index in [-0.39, 0.29) is 13.6 Å². The second-order valence-electron chi connectivity index (χ2n) is 1.79. The first-order valence-electron chi connectivity index (χ1n) is 3.35. The minimum Gasteiger partial charge on any atom is -0.412 e. The first-order chi connectivity index (χ1) is 6.18. The molecular formula is C6H13O6P. The Kier molecular flexibility index (Phi) is 6.84. The van der Waals surface area contributed by atoms with Gasteiger partial charge in [-0.25, -0.2) is 13.6 Å². The summed E-state index contributed by atoms with van der Waals surface area (Å²) in [5, 5.41) is 0. The van der Waals surface area contributed by atoms with Gasteiger partial charge in [-0.3, -0.25) is 0 Å². The number of methoxy groups -OCH3 is 2. The lowest BCUT2D eigenvalue weighted by atomic mass is 11.2. The van der Waals surface area contributed by atoms with E-state index in [1.807, 2.05) is 0 Å². The lowest BCUT2D eigenvalue weighted by molar-refractivity contribution is -0.0166. The molecule has 0 aliphatic rings. The normalized spacial score (nSPS) is 11.2. The second kappa shape index (κ2) is 7.06. The minimum atomic E-state index is -3.62. The van der Waals surface area contributed by atoms with Crippen LogP contribution in [-0.4, -0.2) is 27.8 Å². The van der Waals surface area contributed by atoms with E-state index in [2.05, 4.69) is 29.6 Å². The fraction of sp³-hybridized carbons (Fsp3) is 0.667. The molecule has 0 saturated heterocycles. The largest absolute Gasteiger partial charge is 0.533 e. The van der Waals surface area contributed by atoms with Crippen LogP contribution in [0.5, 0.6) is 0 Å². The molecule has 0 unspecified atom stereocenters. The Morgan fingerprint density at radius 2 is 1.69 bits per heavy atom. The van der Waals surface area contributed by atoms with Crippen LogP contribution in [0.25, 0.3) is 0 Å². The van der Waals surface area contributed by atoms with Crippen molar-refractivity contribution in [3.8, 4) is 0 Å². The lowest BCUT2D eigenvalue weighted by Crippen LogP contribution is -2.02. The number of hydrogen-bond acceptors (Lipinski definition) is 6. The second-order valence-corrected chi connectivity index (χ2v) is 3.41. The van der Waals surface area contributed by atoms with Gasteiger partial charge in [0.25, 0.3) is 0 Å². The molecule has 6 nitrogen and oxygen atoms in total. The molecule has 0 saturated carbocycles. The van der Waals surface area contributed by atoms with E-state index < -0.39 is 7.82 Å². The van der Waals surface area contributed by atoms with Gasteiger partial charge in [0.1, 0.15) is 0 Å². The standard InChI is InChI=1S/C6H13O6P/c1-4-10-13(7,11-5-8-2)12-6-9-3/h4H,1,5-6H2,2-3H3. The van der Waals surface area contributed by atoms with Crippen LogP contribution in [0.15, 0.2) is 12.8 Å². The average molecular weight is 212 g/mol. The maximum Gasteiger partial charge on any atom is 0.533 e. The molecule has 13 heavy (non-hydrogen) atoms. The predicted octanol–water partition coefficient (Wildman–Crippen LogP) is 1.50. The van der Waals surface area contributed by atoms with Gasteiger partial charge in [0.2, 0.25) is 0 Å². The van der Waals surface area contributed by atoms with Crippen LogP contribution in [0.2, 0.25) is 0 Å². The van der Waals surface area contributed by atoms with Gasteiger partial charge < -0.3 is 14.0 Å². The zero-order valence-corrected chi connectivity index (χ0v) is 8.49. The number of rotatable bonds is 8. The van der Waals surface area contributed by atoms with Crippen LogP contribution in [0, 0.1) is 0 Å². The van der Waals surface area contributed by atoms with Gasteiger partial charge in [-0.1, -0.05) is 6.58 Å². The molecule has 0 atom stereocenters. The van der Waals surface area contributed by atoms with Crippen molar-refractivity contribution in [1.82, 2.24) is 0 Å². The first kappa shape index (κ1) is 12.6. The Morgan fingerprint density at radius 3 is 2.00 bits per heavy atom. The molecule has 0 rings (SSSR count). The summed E-state index contributed by atoms with van der Waals surface area (Å²) in [6.07, 6.45) is 0.964. The zero-order valence-electron chi connectivity index (χ0n) is 7.60. The summed E-state index contributed by atoms with van der Waals surface area (Å²) in [5.74, 6) is 0. The van der Waals surface area contributed by atoms with Crippen molar-refractivity contribution in [2.45, 2.75) is 0 Å². The minimum absolute atomic E-state index is 0.200. The summed E-state index contributed by atoms with van der Waals surface area (Å²) in [6.45, 7) is 2.83. The van der Waals surface area contributed by atoms with Gasteiger partial charge in [0.05, 0.1) is 6.26 Å². The van der Waals surface area contributed by atoms with Crippen molar-refractivity contribution < 1.29 is 27.6 Å². The molecular weight excluding hydrogens is 199 g/mol. The Balaban J connectivity index is 3.99. The first-order valence-corrected chi connectivity index (χ1v) is 4.81. The van der Waals surface area contributed by atoms with Crippen molar-refractivity contribution in [3.63, 3.8) is 0 Å². The van der Waals surface area contributed by atoms with Crippen LogP contribution < -0.4 is 0 Å². The van der Waals surface area contributed by atoms with E-state index in [0.717, 1.165) is 6.26 Å². The molecule has 0 aliphatic carbocycles. The molecule has 0 N–H and O–H groups in total. The quantitative estimate of drug-likeness (QED) is 0.345. The predicted molar refractivity (Wildman–Crippen MR) is 44.8 cm³/mol. The van der Waals surface area contributed by atoms with Gasteiger partial charge in [0, 0.05) is 14.2 Å². The third kappa shape index (κ3) is 5.79. The van der Waals surface area contributed by atoms with Gasteiger partial charge in [-0.05, 0) is 0 Å². The molecule has 0 fully saturated rings. The fourth-order valence-corrected chi connectivity index (χ4v) is 1.27. The van der Waals surface area contributed by atoms with Crippen molar-refractivity contribution in [2.75, 3.05) is 27.8 Å². The van der Waals surface area contributed by atoms with E-state index in [0.29, 0.717) is 0 Å². The van der Waals surface area contributed by atoms with Crippen molar-refractivity contribution in [1.29, 1.82) is 0 Å². The summed E-state index contributed by atoms with van der Waals surface area (Å²) in [4.78, 5) is 0. The third-order valence-corrected chi connectivity index (χ3v) is 2.11. The molecule has 7 heteroatoms. The van der Waals surface area contributed by atoms with Crippen molar-refractivity contribution in [3.05, 3.63) is 12.8 Å². The Hall–Kier alpha value is -0.390. The molecule has 0 aromatic carbocycles. The molecule has 0 bridgehead atoms. The maximum atomic E-state index is 11.4. The molecule has 0 aromatic rings. The number of phosphoric ester groups is 1. The lowest BCUT2D eigenvalue weighted by Gasteiger charge is -2.14. The highest BCUT2D eigenvalue weighted by atomic mass is 31.2. The topological polar surface area (TPSA) is 63.2 Å². The van der Waals surface area contributed by atoms with Crippen LogP contribution in [0.1, 0.15) is 0 Å². The van der Waals surface area contributed by atoms with E-state index >= 15 is 0 Å². The Morgan fingerprint density at radius 1 is 1.23 bits per heavy atom. The van der Waals surface area contributed by atoms with E-state index in [1.54, 1.807) is 0 Å². The van der Waals surface area contributed by atoms with Gasteiger partial charge in [0.15, 0.2) is 13.6 Å². The number of ether oxygens (including phenoxy) is 2. The van der Waals surface area contributed by atoms with Crippen LogP contribution in [0.3, 0.4) is 0 Å². The summed E-state index contributed by atoms with van der Waals surface area (Å²) >= 11 is 0. The highest BCUT2D eigenvalue weighted by Crippen LogP contribution is 2.49. The molecule has 0 heterocycles. The van der Waals surface area contributed by atoms with Crippen LogP contribution in [0.4, 0.5) is 0 Å². The van der Waals surface area contributed by atoms with E-state index in [1.165, 1.54) is 14.2 Å². The molecule has 0 aliphatic heterocycles. The molecule has 0 radical (unpaired) electrons. The molecule has 0 amide bonds.